The van der Waals surface area contributed by atoms with Gasteiger partial charge in [0.15, 0.2) is 0 Å². The van der Waals surface area contributed by atoms with E-state index in [1.54, 1.807) is 17.4 Å². The van der Waals surface area contributed by atoms with E-state index in [-0.39, 0.29) is 18.3 Å². The van der Waals surface area contributed by atoms with E-state index < -0.39 is 24.3 Å². The first-order chi connectivity index (χ1) is 13.0. The predicted octanol–water partition coefficient (Wildman–Crippen LogP) is 3.16. The number of rotatable bonds is 11. The van der Waals surface area contributed by atoms with Crippen molar-refractivity contribution in [3.05, 3.63) is 46.7 Å². The molecule has 0 aliphatic heterocycles. The second kappa shape index (κ2) is 11.4. The Hall–Kier alpha value is -1.47. The minimum atomic E-state index is -0.791. The zero-order chi connectivity index (χ0) is 19.6. The first-order valence-corrected chi connectivity index (χ1v) is 10.5. The largest absolute Gasteiger partial charge is 0.481 e. The van der Waals surface area contributed by atoms with Gasteiger partial charge in [-0.3, -0.25) is 4.79 Å². The molecule has 1 heterocycles. The van der Waals surface area contributed by atoms with Crippen molar-refractivity contribution in [2.24, 2.45) is 11.8 Å². The lowest BCUT2D eigenvalue weighted by Crippen LogP contribution is -2.20. The van der Waals surface area contributed by atoms with E-state index in [9.17, 15) is 20.1 Å². The van der Waals surface area contributed by atoms with Gasteiger partial charge in [0.2, 0.25) is 0 Å². The summed E-state index contributed by atoms with van der Waals surface area (Å²) in [6.07, 6.45) is 9.63. The number of aliphatic hydroxyl groups is 3. The van der Waals surface area contributed by atoms with Crippen molar-refractivity contribution in [3.63, 3.8) is 0 Å². The smallest absolute Gasteiger partial charge is 0.303 e. The van der Waals surface area contributed by atoms with Gasteiger partial charge in [0.25, 0.3) is 0 Å². The Morgan fingerprint density at radius 2 is 2.11 bits per heavy atom. The van der Waals surface area contributed by atoms with Crippen molar-refractivity contribution in [2.75, 3.05) is 0 Å². The third kappa shape index (κ3) is 7.58. The molecule has 150 valence electrons. The molecular formula is C21H30O5S. The van der Waals surface area contributed by atoms with Crippen LogP contribution in [-0.4, -0.2) is 44.7 Å². The summed E-state index contributed by atoms with van der Waals surface area (Å²) in [6, 6.07) is 4.05. The molecule has 5 atom stereocenters. The van der Waals surface area contributed by atoms with Crippen molar-refractivity contribution in [2.45, 2.75) is 63.3 Å². The van der Waals surface area contributed by atoms with Crippen LogP contribution in [0.15, 0.2) is 41.8 Å². The lowest BCUT2D eigenvalue weighted by atomic mass is 9.89. The maximum absolute atomic E-state index is 10.5. The number of carbonyl (C=O) groups is 1. The second-order valence-electron chi connectivity index (χ2n) is 7.17. The molecule has 0 radical (unpaired) electrons. The van der Waals surface area contributed by atoms with Gasteiger partial charge in [-0.25, -0.2) is 0 Å². The molecule has 1 saturated carbocycles. The summed E-state index contributed by atoms with van der Waals surface area (Å²) in [5.74, 6) is -1.06. The van der Waals surface area contributed by atoms with Crippen LogP contribution in [-0.2, 0) is 11.2 Å². The van der Waals surface area contributed by atoms with Crippen LogP contribution in [0.2, 0.25) is 0 Å². The van der Waals surface area contributed by atoms with Gasteiger partial charge in [-0.1, -0.05) is 30.4 Å². The molecular weight excluding hydrogens is 364 g/mol. The van der Waals surface area contributed by atoms with Gasteiger partial charge in [-0.15, -0.1) is 11.3 Å². The Labute approximate surface area is 164 Å². The van der Waals surface area contributed by atoms with Crippen molar-refractivity contribution in [3.8, 4) is 0 Å². The van der Waals surface area contributed by atoms with Gasteiger partial charge in [0, 0.05) is 23.6 Å². The second-order valence-corrected chi connectivity index (χ2v) is 8.21. The van der Waals surface area contributed by atoms with Crippen molar-refractivity contribution in [1.29, 1.82) is 0 Å². The SMILES string of the molecule is O=C(O)CCC/C=C\C[C@H]1C(O)CC(O)[C@@H]1/C=C/C(O)CCc1cccs1. The van der Waals surface area contributed by atoms with Gasteiger partial charge in [-0.05, 0) is 49.5 Å². The Morgan fingerprint density at radius 3 is 2.81 bits per heavy atom. The fourth-order valence-electron chi connectivity index (χ4n) is 3.55. The standard InChI is InChI=1S/C21H30O5S/c22-15(9-11-16-6-5-13-27-16)10-12-18-17(19(23)14-20(18)24)7-3-1-2-4-8-21(25)26/h1,3,5-6,10,12-13,15,17-20,22-24H,2,4,7-9,11,14H2,(H,25,26)/b3-1-,12-10+/t15?,17-,18-,19?,20?/m1/s1. The summed E-state index contributed by atoms with van der Waals surface area (Å²) >= 11 is 1.68. The topological polar surface area (TPSA) is 98.0 Å². The quantitative estimate of drug-likeness (QED) is 0.341. The normalized spacial score (nSPS) is 26.9. The van der Waals surface area contributed by atoms with Crippen LogP contribution in [0.4, 0.5) is 0 Å². The number of aliphatic hydroxyl groups excluding tert-OH is 3. The first-order valence-electron chi connectivity index (χ1n) is 9.59. The molecule has 0 bridgehead atoms. The molecule has 2 rings (SSSR count). The molecule has 0 amide bonds. The third-order valence-corrected chi connectivity index (χ3v) is 6.01. The Bertz CT molecular complexity index is 610. The maximum Gasteiger partial charge on any atom is 0.303 e. The van der Waals surface area contributed by atoms with Crippen LogP contribution in [0.1, 0.15) is 43.4 Å². The monoisotopic (exact) mass is 394 g/mol. The number of hydrogen-bond donors (Lipinski definition) is 4. The molecule has 0 spiro atoms. The van der Waals surface area contributed by atoms with Crippen LogP contribution in [0, 0.1) is 11.8 Å². The van der Waals surface area contributed by atoms with E-state index in [0.717, 1.165) is 6.42 Å². The molecule has 0 aromatic carbocycles. The number of thiophene rings is 1. The van der Waals surface area contributed by atoms with Crippen LogP contribution >= 0.6 is 11.3 Å². The van der Waals surface area contributed by atoms with Gasteiger partial charge in [0.1, 0.15) is 0 Å². The van der Waals surface area contributed by atoms with E-state index in [1.807, 2.05) is 29.7 Å². The van der Waals surface area contributed by atoms with Crippen LogP contribution in [0.5, 0.6) is 0 Å². The predicted molar refractivity (Wildman–Crippen MR) is 107 cm³/mol. The van der Waals surface area contributed by atoms with Crippen molar-refractivity contribution >= 4 is 17.3 Å². The summed E-state index contributed by atoms with van der Waals surface area (Å²) in [4.78, 5) is 11.7. The van der Waals surface area contributed by atoms with Crippen LogP contribution < -0.4 is 0 Å². The summed E-state index contributed by atoms with van der Waals surface area (Å²) in [7, 11) is 0. The van der Waals surface area contributed by atoms with Gasteiger partial charge in [-0.2, -0.15) is 0 Å². The number of aliphatic carboxylic acids is 1. The lowest BCUT2D eigenvalue weighted by Gasteiger charge is -2.19. The van der Waals surface area contributed by atoms with E-state index in [1.165, 1.54) is 4.88 Å². The van der Waals surface area contributed by atoms with E-state index in [4.69, 9.17) is 5.11 Å². The molecule has 1 fully saturated rings. The average Bonchev–Trinajstić information content (AvgIpc) is 3.22. The van der Waals surface area contributed by atoms with Crippen molar-refractivity contribution in [1.82, 2.24) is 0 Å². The first kappa shape index (κ1) is 21.8. The molecule has 4 N–H and O–H groups in total. The maximum atomic E-state index is 10.5. The molecule has 6 heteroatoms. The number of carboxylic acid groups (broad SMARTS) is 1. The highest BCUT2D eigenvalue weighted by Crippen LogP contribution is 2.36. The number of unbranched alkanes of at least 4 members (excludes halogenated alkanes) is 1. The molecule has 27 heavy (non-hydrogen) atoms. The summed E-state index contributed by atoms with van der Waals surface area (Å²) in [6.45, 7) is 0. The van der Waals surface area contributed by atoms with Crippen molar-refractivity contribution < 1.29 is 25.2 Å². The number of carboxylic acids is 1. The van der Waals surface area contributed by atoms with Crippen LogP contribution in [0.3, 0.4) is 0 Å². The number of aryl methyl sites for hydroxylation is 1. The highest BCUT2D eigenvalue weighted by molar-refractivity contribution is 7.09. The third-order valence-electron chi connectivity index (χ3n) is 5.07. The Balaban J connectivity index is 1.81. The zero-order valence-electron chi connectivity index (χ0n) is 15.5. The molecule has 5 nitrogen and oxygen atoms in total. The number of allylic oxidation sites excluding steroid dienone is 2. The molecule has 1 aliphatic carbocycles. The highest BCUT2D eigenvalue weighted by Gasteiger charge is 2.39. The van der Waals surface area contributed by atoms with Gasteiger partial charge in [0.05, 0.1) is 18.3 Å². The Morgan fingerprint density at radius 1 is 1.30 bits per heavy atom. The Kier molecular flexibility index (Phi) is 9.21. The molecule has 1 aliphatic rings. The van der Waals surface area contributed by atoms with E-state index in [0.29, 0.717) is 32.1 Å². The molecule has 1 aromatic heterocycles. The zero-order valence-corrected chi connectivity index (χ0v) is 16.3. The van der Waals surface area contributed by atoms with E-state index >= 15 is 0 Å². The highest BCUT2D eigenvalue weighted by atomic mass is 32.1. The molecule has 3 unspecified atom stereocenters. The summed E-state index contributed by atoms with van der Waals surface area (Å²) < 4.78 is 0. The molecule has 0 saturated heterocycles. The summed E-state index contributed by atoms with van der Waals surface area (Å²) in [5.41, 5.74) is 0. The molecule has 1 aromatic rings. The minimum Gasteiger partial charge on any atom is -0.481 e. The fourth-order valence-corrected chi connectivity index (χ4v) is 4.27. The lowest BCUT2D eigenvalue weighted by molar-refractivity contribution is -0.137. The minimum absolute atomic E-state index is 0.0866. The van der Waals surface area contributed by atoms with Gasteiger partial charge >= 0.3 is 5.97 Å². The van der Waals surface area contributed by atoms with E-state index in [2.05, 4.69) is 6.07 Å². The van der Waals surface area contributed by atoms with Crippen LogP contribution in [0.25, 0.3) is 0 Å². The fraction of sp³-hybridized carbons (Fsp3) is 0.571. The average molecular weight is 395 g/mol. The summed E-state index contributed by atoms with van der Waals surface area (Å²) in [5, 5.41) is 41.3. The van der Waals surface area contributed by atoms with Gasteiger partial charge < -0.3 is 20.4 Å². The number of hydrogen-bond acceptors (Lipinski definition) is 5.